The predicted molar refractivity (Wildman–Crippen MR) is 178 cm³/mol. The molecule has 6 N–H and O–H groups in total. The van der Waals surface area contributed by atoms with Gasteiger partial charge in [0.1, 0.15) is 11.9 Å². The number of carbonyl (C=O) groups excluding carboxylic acids is 3. The minimum atomic E-state index is -4.18. The average Bonchev–Trinajstić information content (AvgIpc) is 3.68. The number of nitrogens with two attached hydrogens (primary N) is 1. The molecule has 0 unspecified atom stereocenters. The quantitative estimate of drug-likeness (QED) is 0.160. The minimum Gasteiger partial charge on any atom is -0.497 e. The zero-order valence-corrected chi connectivity index (χ0v) is 28.8. The molecule has 5 atom stereocenters. The number of aliphatic hydroxyl groups is 1. The number of primary amides is 1. The first kappa shape index (κ1) is 37.9. The van der Waals surface area contributed by atoms with E-state index in [9.17, 15) is 27.9 Å². The summed E-state index contributed by atoms with van der Waals surface area (Å²) in [5, 5.41) is 19.5. The van der Waals surface area contributed by atoms with Gasteiger partial charge >= 0.3 is 12.1 Å². The number of rotatable bonds is 17. The van der Waals surface area contributed by atoms with Crippen LogP contribution in [0.25, 0.3) is 0 Å². The van der Waals surface area contributed by atoms with Gasteiger partial charge in [-0.2, -0.15) is 4.31 Å². The van der Waals surface area contributed by atoms with Crippen LogP contribution < -0.4 is 26.4 Å². The molecular weight excluding hydrogens is 658 g/mol. The van der Waals surface area contributed by atoms with Crippen molar-refractivity contribution < 1.29 is 46.9 Å². The molecule has 0 saturated carbocycles. The largest absolute Gasteiger partial charge is 0.497 e. The number of nitrogens with zero attached hydrogens (tertiary/aromatic N) is 1. The summed E-state index contributed by atoms with van der Waals surface area (Å²) in [4.78, 5) is 36.2. The predicted octanol–water partition coefficient (Wildman–Crippen LogP) is 1.35. The summed E-state index contributed by atoms with van der Waals surface area (Å²) < 4.78 is 51.5. The first-order valence-electron chi connectivity index (χ1n) is 16.1. The summed E-state index contributed by atoms with van der Waals surface area (Å²) in [5.41, 5.74) is 5.18. The number of aliphatic hydroxyl groups excluding tert-OH is 1. The molecule has 2 aromatic carbocycles. The molecule has 2 aliphatic heterocycles. The van der Waals surface area contributed by atoms with E-state index >= 15 is 0 Å². The Labute approximate surface area is 286 Å². The van der Waals surface area contributed by atoms with E-state index in [4.69, 9.17) is 24.7 Å². The number of hydrogen-bond donors (Lipinski definition) is 5. The number of ether oxygens (including phenoxy) is 4. The number of fused-ring (bicyclic) bond motifs is 1. The summed E-state index contributed by atoms with van der Waals surface area (Å²) in [6, 6.07) is 13.6. The SMILES string of the molecule is COc1ccc(S(=O)(=O)N(C[C@H](O)[C@H](Cc2ccccc2)NC(=O)O[C@H]2CO[C@H]3OCC[C@H]32)CC(C)(C)CCNC(=O)NCC(N)=O)cc1. The topological polar surface area (TPSA) is 208 Å². The van der Waals surface area contributed by atoms with Crippen LogP contribution in [-0.2, 0) is 35.4 Å². The molecule has 2 fully saturated rings. The third-order valence-electron chi connectivity index (χ3n) is 8.51. The molecule has 2 aliphatic rings. The van der Waals surface area contributed by atoms with E-state index in [1.54, 1.807) is 0 Å². The van der Waals surface area contributed by atoms with Crippen molar-refractivity contribution in [2.75, 3.05) is 46.5 Å². The number of carbonyl (C=O) groups is 3. The smallest absolute Gasteiger partial charge is 0.407 e. The number of nitrogens with one attached hydrogen (secondary N) is 3. The number of hydrogen-bond acceptors (Lipinski definition) is 10. The lowest BCUT2D eigenvalue weighted by molar-refractivity contribution is -0.117. The van der Waals surface area contributed by atoms with Crippen LogP contribution in [0.15, 0.2) is 59.5 Å². The Morgan fingerprint density at radius 1 is 1.08 bits per heavy atom. The van der Waals surface area contributed by atoms with E-state index in [1.165, 1.54) is 35.7 Å². The number of urea groups is 1. The van der Waals surface area contributed by atoms with Crippen LogP contribution in [0.5, 0.6) is 5.75 Å². The highest BCUT2D eigenvalue weighted by molar-refractivity contribution is 7.89. The molecule has 4 amide bonds. The van der Waals surface area contributed by atoms with Crippen molar-refractivity contribution in [3.63, 3.8) is 0 Å². The number of sulfonamides is 1. The van der Waals surface area contributed by atoms with Gasteiger partial charge in [0.25, 0.3) is 0 Å². The molecule has 4 rings (SSSR count). The van der Waals surface area contributed by atoms with Crippen LogP contribution in [-0.4, -0.2) is 107 Å². The normalized spacial score (nSPS) is 20.2. The molecule has 2 saturated heterocycles. The van der Waals surface area contributed by atoms with Crippen molar-refractivity contribution in [1.82, 2.24) is 20.3 Å². The van der Waals surface area contributed by atoms with Crippen LogP contribution in [0, 0.1) is 11.3 Å². The third-order valence-corrected chi connectivity index (χ3v) is 10.3. The number of methoxy groups -OCH3 is 1. The van der Waals surface area contributed by atoms with E-state index in [2.05, 4.69) is 16.0 Å². The summed E-state index contributed by atoms with van der Waals surface area (Å²) in [6.45, 7) is 3.80. The first-order chi connectivity index (χ1) is 23.3. The van der Waals surface area contributed by atoms with E-state index in [0.717, 1.165) is 5.56 Å². The summed E-state index contributed by atoms with van der Waals surface area (Å²) in [5.74, 6) is -0.300. The van der Waals surface area contributed by atoms with Gasteiger partial charge < -0.3 is 45.7 Å². The Morgan fingerprint density at radius 3 is 2.47 bits per heavy atom. The van der Waals surface area contributed by atoms with Crippen molar-refractivity contribution >= 4 is 28.1 Å². The minimum absolute atomic E-state index is 0.0122. The summed E-state index contributed by atoms with van der Waals surface area (Å²) in [7, 11) is -2.71. The fourth-order valence-electron chi connectivity index (χ4n) is 5.80. The molecule has 2 heterocycles. The van der Waals surface area contributed by atoms with Gasteiger partial charge in [-0.15, -0.1) is 0 Å². The second-order valence-electron chi connectivity index (χ2n) is 12.9. The fourth-order valence-corrected chi connectivity index (χ4v) is 7.45. The fraction of sp³-hybridized carbons (Fsp3) is 0.545. The monoisotopic (exact) mass is 705 g/mol. The van der Waals surface area contributed by atoms with Gasteiger partial charge in [-0.25, -0.2) is 18.0 Å². The van der Waals surface area contributed by atoms with Gasteiger partial charge in [0.05, 0.1) is 49.8 Å². The zero-order chi connectivity index (χ0) is 35.6. The van der Waals surface area contributed by atoms with Gasteiger partial charge in [-0.1, -0.05) is 44.2 Å². The van der Waals surface area contributed by atoms with E-state index < -0.39 is 58.0 Å². The maximum absolute atomic E-state index is 14.1. The molecule has 16 heteroatoms. The summed E-state index contributed by atoms with van der Waals surface area (Å²) in [6.07, 6.45) is -1.82. The van der Waals surface area contributed by atoms with Crippen molar-refractivity contribution in [2.24, 2.45) is 17.1 Å². The Balaban J connectivity index is 1.53. The molecule has 0 bridgehead atoms. The highest BCUT2D eigenvalue weighted by Crippen LogP contribution is 2.33. The van der Waals surface area contributed by atoms with Crippen molar-refractivity contribution in [1.29, 1.82) is 0 Å². The summed E-state index contributed by atoms with van der Waals surface area (Å²) >= 11 is 0. The second kappa shape index (κ2) is 17.1. The van der Waals surface area contributed by atoms with Crippen molar-refractivity contribution in [3.05, 3.63) is 60.2 Å². The average molecular weight is 706 g/mol. The van der Waals surface area contributed by atoms with Gasteiger partial charge in [-0.3, -0.25) is 4.79 Å². The van der Waals surface area contributed by atoms with E-state index in [1.807, 2.05) is 44.2 Å². The Hall–Kier alpha value is -3.96. The number of amides is 4. The lowest BCUT2D eigenvalue weighted by Crippen LogP contribution is -2.52. The van der Waals surface area contributed by atoms with Crippen LogP contribution in [0.2, 0.25) is 0 Å². The van der Waals surface area contributed by atoms with Gasteiger partial charge in [0, 0.05) is 19.6 Å². The molecule has 270 valence electrons. The lowest BCUT2D eigenvalue weighted by Gasteiger charge is -2.35. The molecule has 49 heavy (non-hydrogen) atoms. The highest BCUT2D eigenvalue weighted by Gasteiger charge is 2.44. The second-order valence-corrected chi connectivity index (χ2v) is 14.9. The van der Waals surface area contributed by atoms with Crippen molar-refractivity contribution in [3.8, 4) is 5.75 Å². The van der Waals surface area contributed by atoms with Gasteiger partial charge in [-0.05, 0) is 54.5 Å². The van der Waals surface area contributed by atoms with Crippen molar-refractivity contribution in [2.45, 2.75) is 62.5 Å². The highest BCUT2D eigenvalue weighted by atomic mass is 32.2. The molecular formula is C33H47N5O10S. The van der Waals surface area contributed by atoms with Crippen LogP contribution in [0.1, 0.15) is 32.3 Å². The van der Waals surface area contributed by atoms with Crippen LogP contribution in [0.3, 0.4) is 0 Å². The maximum Gasteiger partial charge on any atom is 0.407 e. The number of benzene rings is 2. The van der Waals surface area contributed by atoms with Crippen LogP contribution in [0.4, 0.5) is 9.59 Å². The molecule has 15 nitrogen and oxygen atoms in total. The Kier molecular flexibility index (Phi) is 13.2. The Morgan fingerprint density at radius 2 is 1.80 bits per heavy atom. The molecule has 0 spiro atoms. The van der Waals surface area contributed by atoms with Gasteiger partial charge in [0.15, 0.2) is 6.29 Å². The van der Waals surface area contributed by atoms with E-state index in [0.29, 0.717) is 25.2 Å². The zero-order valence-electron chi connectivity index (χ0n) is 28.0. The molecule has 0 aromatic heterocycles. The molecule has 0 aliphatic carbocycles. The van der Waals surface area contributed by atoms with E-state index in [-0.39, 0.29) is 50.0 Å². The third kappa shape index (κ3) is 11.0. The standard InChI is InChI=1S/C33H47N5O10S/c1-33(2,14-15-35-31(41)36-18-29(34)40)21-38(49(43,44)24-11-9-23(45-3)10-12-24)19-27(39)26(17-22-7-5-4-6-8-22)37-32(42)48-28-20-47-30-25(28)13-16-46-30/h4-12,25-28,30,39H,13-21H2,1-3H3,(H2,34,40)(H,37,42)(H2,35,36,41)/t25-,26-,27-,28-,30+/m0/s1. The molecule has 2 aromatic rings. The van der Waals surface area contributed by atoms with Crippen LogP contribution >= 0.6 is 0 Å². The molecule has 0 radical (unpaired) electrons. The maximum atomic E-state index is 14.1. The number of alkyl carbamates (subject to hydrolysis) is 1. The lowest BCUT2D eigenvalue weighted by atomic mass is 9.89. The first-order valence-corrected chi connectivity index (χ1v) is 17.6. The van der Waals surface area contributed by atoms with Gasteiger partial charge in [0.2, 0.25) is 15.9 Å². The Bertz CT molecular complexity index is 1510.